The fourth-order valence-electron chi connectivity index (χ4n) is 17.4. The van der Waals surface area contributed by atoms with E-state index in [4.69, 9.17) is 18.9 Å². The van der Waals surface area contributed by atoms with Crippen molar-refractivity contribution in [1.29, 1.82) is 0 Å². The lowest BCUT2D eigenvalue weighted by Crippen LogP contribution is -2.51. The molecule has 0 unspecified atom stereocenters. The maximum absolute atomic E-state index is 16.5. The molecule has 26 nitrogen and oxygen atoms in total. The van der Waals surface area contributed by atoms with Crippen LogP contribution in [0.15, 0.2) is 97.6 Å². The lowest BCUT2D eigenvalue weighted by atomic mass is 10.0. The number of likely N-dealkylation sites (tertiary alicyclic amines) is 4. The molecule has 16 rings (SSSR count). The number of carbonyl (C=O) groups is 7. The quantitative estimate of drug-likeness (QED) is 0.0292. The smallest absolute Gasteiger partial charge is 0.410 e. The molecule has 115 heavy (non-hydrogen) atoms. The molecule has 4 aromatic heterocycles. The van der Waals surface area contributed by atoms with E-state index in [1.165, 1.54) is 45.6 Å². The highest BCUT2D eigenvalue weighted by molar-refractivity contribution is 7.98. The first kappa shape index (κ1) is 79.5. The fraction of sp³-hybridized carbons (Fsp3) is 0.488. The molecule has 608 valence electrons. The molecular weight excluding hydrogens is 1500 g/mol. The summed E-state index contributed by atoms with van der Waals surface area (Å²) in [4.78, 5) is 129. The van der Waals surface area contributed by atoms with E-state index < -0.39 is 59.9 Å². The van der Waals surface area contributed by atoms with Gasteiger partial charge in [-0.2, -0.15) is 29.3 Å². The monoisotopic (exact) mass is 1600 g/mol. The van der Waals surface area contributed by atoms with Crippen molar-refractivity contribution < 1.29 is 70.1 Å². The summed E-state index contributed by atoms with van der Waals surface area (Å²) in [6, 6.07) is 16.4. The summed E-state index contributed by atoms with van der Waals surface area (Å²) < 4.78 is 85.8. The summed E-state index contributed by atoms with van der Waals surface area (Å²) in [5, 5.41) is 8.05. The normalized spacial score (nSPS) is 20.8. The first-order valence-electron chi connectivity index (χ1n) is 39.3. The molecule has 8 aliphatic rings. The molecule has 7 amide bonds. The third-order valence-corrected chi connectivity index (χ3v) is 24.6. The highest BCUT2D eigenvalue weighted by atomic mass is 32.2. The van der Waals surface area contributed by atoms with E-state index in [2.05, 4.69) is 55.8 Å². The Morgan fingerprint density at radius 2 is 0.835 bits per heavy atom. The average Bonchev–Trinajstić information content (AvgIpc) is 1.59. The van der Waals surface area contributed by atoms with Crippen LogP contribution in [0.5, 0.6) is 0 Å². The number of imidazole rings is 4. The van der Waals surface area contributed by atoms with Crippen molar-refractivity contribution in [2.75, 3.05) is 59.5 Å². The minimum Gasteiger partial charge on any atom is -0.453 e. The Labute approximate surface area is 667 Å². The standard InChI is InChI=1S/C43H50F2N8O6S.C41H47F2N7O5/c1-23(2)35(51-41(57)59-4)39(55)53-22-42(13-14-42)19-34(53)37-47-21-32(49-37)25-9-11-27-26-10-8-24(17-28(26)43(44,45)29(27)18-25)31-20-46-36(48-31)33-7-6-15-52(33)38(54)30(12-16-60-5)50-40(56)58-3;1-22(2)33(48-37(52)54-6)36(51)50-21-40(13-14-40)18-32(50)35-45-20-30(47-35)24-10-12-26-25-11-9-23(16-27(25)41(42,43)28(26)17-24)29-19-44-34(46-29)31-8-7-15-49(31)38(53)55-39(3,4)5/h8-11,17-18,20-21,23,30,33-35H,6-7,12-16,19,22H2,1-5H3,(H,46,48)(H,47,49)(H,50,56)(H,51,57);9-12,16-17,19-20,22,31-33H,7-8,13-15,18,21H2,1-6H3,(H,44,46)(H,45,47)(H,48,52)/t30-,33-,34-,35-;31-,32-,33-/m00/s1. The van der Waals surface area contributed by atoms with Crippen molar-refractivity contribution >= 4 is 53.9 Å². The van der Waals surface area contributed by atoms with Gasteiger partial charge in [-0.05, 0) is 173 Å². The molecular formula is C84H97F4N15O11S. The van der Waals surface area contributed by atoms with Crippen LogP contribution in [0, 0.1) is 22.7 Å². The number of alkyl halides is 4. The second kappa shape index (κ2) is 30.8. The molecule has 8 heterocycles. The van der Waals surface area contributed by atoms with Crippen LogP contribution < -0.4 is 16.0 Å². The summed E-state index contributed by atoms with van der Waals surface area (Å²) in [7, 11) is 3.78. The Morgan fingerprint density at radius 3 is 1.17 bits per heavy atom. The third kappa shape index (κ3) is 15.4. The summed E-state index contributed by atoms with van der Waals surface area (Å²) in [6.07, 6.45) is 14.8. The van der Waals surface area contributed by atoms with Crippen molar-refractivity contribution in [3.05, 3.63) is 143 Å². The van der Waals surface area contributed by atoms with Gasteiger partial charge in [-0.15, -0.1) is 0 Å². The molecule has 2 saturated carbocycles. The number of nitrogens with zero attached hydrogens (tertiary/aromatic N) is 8. The van der Waals surface area contributed by atoms with Crippen LogP contribution in [0.1, 0.15) is 189 Å². The molecule has 4 aromatic carbocycles. The van der Waals surface area contributed by atoms with Gasteiger partial charge in [0.05, 0.1) is 93.1 Å². The van der Waals surface area contributed by atoms with Gasteiger partial charge in [-0.25, -0.2) is 39.1 Å². The predicted molar refractivity (Wildman–Crippen MR) is 421 cm³/mol. The van der Waals surface area contributed by atoms with E-state index in [1.54, 1.807) is 92.5 Å². The third-order valence-electron chi connectivity index (χ3n) is 24.0. The Kier molecular flexibility index (Phi) is 21.3. The zero-order chi connectivity index (χ0) is 81.5. The summed E-state index contributed by atoms with van der Waals surface area (Å²) >= 11 is 1.58. The largest absolute Gasteiger partial charge is 0.453 e. The van der Waals surface area contributed by atoms with Gasteiger partial charge >= 0.3 is 24.4 Å². The van der Waals surface area contributed by atoms with Gasteiger partial charge < -0.3 is 69.5 Å². The molecule has 4 aliphatic carbocycles. The molecule has 7 N–H and O–H groups in total. The number of H-pyrrole nitrogens is 4. The summed E-state index contributed by atoms with van der Waals surface area (Å²) in [6.45, 7) is 15.1. The molecule has 7 atom stereocenters. The van der Waals surface area contributed by atoms with Gasteiger partial charge in [0.15, 0.2) is 0 Å². The molecule has 6 fully saturated rings. The van der Waals surface area contributed by atoms with Gasteiger partial charge in [-0.3, -0.25) is 19.3 Å². The zero-order valence-corrected chi connectivity index (χ0v) is 67.1. The first-order chi connectivity index (χ1) is 54.8. The number of alkyl carbamates (subject to hydrolysis) is 3. The Balaban J connectivity index is 0.000000182. The molecule has 4 saturated heterocycles. The number of halogens is 4. The SMILES string of the molecule is COC(=O)N[C@@H](CCSC)C(=O)N1CCC[C@H]1c1ncc(-c2ccc3c(c2)C(F)(F)c2cc(-c4cnc([C@@H]5CC6(CC6)CN5C(=O)[C@@H](NC(=O)OC)C(C)C)[nH]4)ccc2-3)[nH]1.COC(=O)N[C@H](C(=O)N1CC2(CC2)C[C@H]1c1ncc(-c2ccc3c(c2)C(F)(F)c2cc(-c4cnc([C@@H]5CCCN5C(=O)OC(C)(C)C)[nH]4)ccc2-3)[nH]1)C(C)C. The molecule has 4 aliphatic heterocycles. The number of methoxy groups -OCH3 is 3. The summed E-state index contributed by atoms with van der Waals surface area (Å²) in [5.41, 5.74) is 5.22. The van der Waals surface area contributed by atoms with E-state index in [-0.39, 0.29) is 86.8 Å². The molecule has 8 aromatic rings. The van der Waals surface area contributed by atoms with Gasteiger partial charge in [0, 0.05) is 70.7 Å². The second-order valence-corrected chi connectivity index (χ2v) is 34.5. The van der Waals surface area contributed by atoms with E-state index in [0.717, 1.165) is 57.8 Å². The number of ether oxygens (including phenoxy) is 4. The fourth-order valence-corrected chi connectivity index (χ4v) is 17.9. The van der Waals surface area contributed by atoms with Crippen LogP contribution in [0.25, 0.3) is 67.3 Å². The van der Waals surface area contributed by atoms with E-state index in [9.17, 15) is 33.6 Å². The minimum atomic E-state index is -3.30. The van der Waals surface area contributed by atoms with Crippen LogP contribution in [0.4, 0.5) is 36.7 Å². The number of hydrogen-bond acceptors (Lipinski definition) is 16. The zero-order valence-electron chi connectivity index (χ0n) is 66.2. The second-order valence-electron chi connectivity index (χ2n) is 33.5. The summed E-state index contributed by atoms with van der Waals surface area (Å²) in [5.74, 6) is -4.60. The van der Waals surface area contributed by atoms with Crippen molar-refractivity contribution in [2.24, 2.45) is 22.7 Å². The van der Waals surface area contributed by atoms with Crippen LogP contribution in [-0.2, 0) is 45.2 Å². The first-order valence-corrected chi connectivity index (χ1v) is 40.7. The van der Waals surface area contributed by atoms with E-state index in [0.29, 0.717) is 135 Å². The number of fused-ring (bicyclic) bond motifs is 6. The Bertz CT molecular complexity index is 5100. The van der Waals surface area contributed by atoms with Crippen molar-refractivity contribution in [1.82, 2.24) is 75.4 Å². The van der Waals surface area contributed by atoms with Gasteiger partial charge in [0.1, 0.15) is 47.0 Å². The van der Waals surface area contributed by atoms with E-state index in [1.807, 2.05) is 66.9 Å². The van der Waals surface area contributed by atoms with Crippen molar-refractivity contribution in [3.8, 4) is 67.3 Å². The lowest BCUT2D eigenvalue weighted by molar-refractivity contribution is -0.136. The van der Waals surface area contributed by atoms with E-state index >= 15 is 17.6 Å². The lowest BCUT2D eigenvalue weighted by Gasteiger charge is -2.30. The van der Waals surface area contributed by atoms with Crippen molar-refractivity contribution in [3.63, 3.8) is 0 Å². The highest BCUT2D eigenvalue weighted by Gasteiger charge is 2.57. The van der Waals surface area contributed by atoms with Crippen molar-refractivity contribution in [2.45, 2.75) is 179 Å². The molecule has 0 bridgehead atoms. The van der Waals surface area contributed by atoms with Crippen LogP contribution in [0.3, 0.4) is 0 Å². The average molecular weight is 1600 g/mol. The molecule has 31 heteroatoms. The van der Waals surface area contributed by atoms with Gasteiger partial charge in [-0.1, -0.05) is 76.2 Å². The number of amides is 7. The Hall–Kier alpha value is -10.7. The number of rotatable bonds is 19. The predicted octanol–water partition coefficient (Wildman–Crippen LogP) is 15.3. The highest BCUT2D eigenvalue weighted by Crippen LogP contribution is 2.61. The van der Waals surface area contributed by atoms with Crippen LogP contribution in [0.2, 0.25) is 0 Å². The number of aromatic amines is 4. The number of thioether (sulfide) groups is 1. The van der Waals surface area contributed by atoms with Crippen LogP contribution >= 0.6 is 11.8 Å². The minimum absolute atomic E-state index is 0.00930. The van der Waals surface area contributed by atoms with Gasteiger partial charge in [0.25, 0.3) is 11.8 Å². The number of hydrogen-bond donors (Lipinski definition) is 7. The van der Waals surface area contributed by atoms with Gasteiger partial charge in [0.2, 0.25) is 17.7 Å². The maximum Gasteiger partial charge on any atom is 0.410 e. The number of aromatic nitrogens is 8. The Morgan fingerprint density at radius 1 is 0.496 bits per heavy atom. The topological polar surface area (TPSA) is 320 Å². The molecule has 2 spiro atoms. The number of carbonyl (C=O) groups excluding carboxylic acids is 7. The number of nitrogens with one attached hydrogen (secondary N) is 7. The van der Waals surface area contributed by atoms with Crippen LogP contribution in [-0.4, -0.2) is 185 Å². The number of benzene rings is 4. The maximum atomic E-state index is 16.5. The molecule has 0 radical (unpaired) electrons.